The predicted molar refractivity (Wildman–Crippen MR) is 43.1 cm³/mol. The SMILES string of the molecule is N.Oc1ccc(Cl)cc1Cl. The van der Waals surface area contributed by atoms with E-state index in [-0.39, 0.29) is 16.9 Å². The van der Waals surface area contributed by atoms with Gasteiger partial charge in [-0.2, -0.15) is 0 Å². The minimum absolute atomic E-state index is 0. The van der Waals surface area contributed by atoms with E-state index in [9.17, 15) is 0 Å². The molecule has 4 heteroatoms. The Morgan fingerprint density at radius 1 is 1.20 bits per heavy atom. The quantitative estimate of drug-likeness (QED) is 0.644. The van der Waals surface area contributed by atoms with Crippen LogP contribution in [-0.2, 0) is 0 Å². The number of hydrogen-bond donors (Lipinski definition) is 2. The standard InChI is InChI=1S/C6H4Cl2O.H3N/c7-4-1-2-6(9)5(8)3-4;/h1-3,9H;1H3. The normalized spacial score (nSPS) is 8.60. The molecular formula is C6H7Cl2NO. The molecule has 4 N–H and O–H groups in total. The fraction of sp³-hybridized carbons (Fsp3) is 0. The van der Waals surface area contributed by atoms with Crippen molar-refractivity contribution in [3.05, 3.63) is 28.2 Å². The lowest BCUT2D eigenvalue weighted by molar-refractivity contribution is 0.475. The maximum Gasteiger partial charge on any atom is 0.134 e. The molecule has 1 aromatic rings. The molecule has 0 atom stereocenters. The molecule has 1 aromatic carbocycles. The molecule has 0 unspecified atom stereocenters. The van der Waals surface area contributed by atoms with Crippen molar-refractivity contribution in [1.29, 1.82) is 0 Å². The summed E-state index contributed by atoms with van der Waals surface area (Å²) in [6.45, 7) is 0. The molecule has 2 nitrogen and oxygen atoms in total. The number of phenols is 1. The molecule has 0 aliphatic carbocycles. The summed E-state index contributed by atoms with van der Waals surface area (Å²) in [5.41, 5.74) is 0. The second kappa shape index (κ2) is 3.66. The third-order valence-electron chi connectivity index (χ3n) is 0.910. The number of phenolic OH excluding ortho intramolecular Hbond substituents is 1. The van der Waals surface area contributed by atoms with Gasteiger partial charge in [0.2, 0.25) is 0 Å². The van der Waals surface area contributed by atoms with Gasteiger partial charge >= 0.3 is 0 Å². The summed E-state index contributed by atoms with van der Waals surface area (Å²) in [7, 11) is 0. The van der Waals surface area contributed by atoms with Crippen LogP contribution in [0, 0.1) is 0 Å². The Labute approximate surface area is 69.0 Å². The van der Waals surface area contributed by atoms with Crippen LogP contribution in [0.2, 0.25) is 10.0 Å². The van der Waals surface area contributed by atoms with E-state index in [4.69, 9.17) is 28.3 Å². The summed E-state index contributed by atoms with van der Waals surface area (Å²) in [4.78, 5) is 0. The Kier molecular flexibility index (Phi) is 3.50. The number of aromatic hydroxyl groups is 1. The zero-order valence-electron chi connectivity index (χ0n) is 5.14. The highest BCUT2D eigenvalue weighted by Gasteiger charge is 1.95. The van der Waals surface area contributed by atoms with Gasteiger partial charge in [-0.05, 0) is 18.2 Å². The van der Waals surface area contributed by atoms with Crippen molar-refractivity contribution in [3.63, 3.8) is 0 Å². The first-order valence-corrected chi connectivity index (χ1v) is 3.10. The van der Waals surface area contributed by atoms with Crippen LogP contribution in [-0.4, -0.2) is 5.11 Å². The Morgan fingerprint density at radius 2 is 1.80 bits per heavy atom. The molecule has 0 aliphatic rings. The summed E-state index contributed by atoms with van der Waals surface area (Å²) in [6, 6.07) is 4.51. The van der Waals surface area contributed by atoms with Gasteiger partial charge in [-0.15, -0.1) is 0 Å². The number of halogens is 2. The van der Waals surface area contributed by atoms with Crippen LogP contribution in [0.1, 0.15) is 0 Å². The van der Waals surface area contributed by atoms with E-state index in [1.807, 2.05) is 0 Å². The molecule has 0 spiro atoms. The molecule has 0 amide bonds. The second-order valence-electron chi connectivity index (χ2n) is 1.60. The minimum atomic E-state index is 0. The van der Waals surface area contributed by atoms with Gasteiger partial charge in [-0.25, -0.2) is 0 Å². The van der Waals surface area contributed by atoms with Gasteiger partial charge in [0.05, 0.1) is 5.02 Å². The third kappa shape index (κ3) is 2.06. The van der Waals surface area contributed by atoms with Gasteiger partial charge < -0.3 is 11.3 Å². The first-order valence-electron chi connectivity index (χ1n) is 2.34. The van der Waals surface area contributed by atoms with Gasteiger partial charge in [0.1, 0.15) is 5.75 Å². The van der Waals surface area contributed by atoms with Crippen molar-refractivity contribution in [2.45, 2.75) is 0 Å². The summed E-state index contributed by atoms with van der Waals surface area (Å²) in [5.74, 6) is 0.0565. The highest BCUT2D eigenvalue weighted by Crippen LogP contribution is 2.25. The lowest BCUT2D eigenvalue weighted by atomic mass is 10.3. The van der Waals surface area contributed by atoms with E-state index in [1.54, 1.807) is 6.07 Å². The maximum atomic E-state index is 8.85. The monoisotopic (exact) mass is 179 g/mol. The lowest BCUT2D eigenvalue weighted by Crippen LogP contribution is -1.66. The molecule has 0 bridgehead atoms. The first kappa shape index (κ1) is 9.56. The topological polar surface area (TPSA) is 55.2 Å². The average molecular weight is 180 g/mol. The summed E-state index contributed by atoms with van der Waals surface area (Å²) in [5, 5.41) is 9.66. The fourth-order valence-electron chi connectivity index (χ4n) is 0.481. The van der Waals surface area contributed by atoms with E-state index in [1.165, 1.54) is 12.1 Å². The Balaban J connectivity index is 0.000000810. The second-order valence-corrected chi connectivity index (χ2v) is 2.44. The van der Waals surface area contributed by atoms with E-state index in [2.05, 4.69) is 0 Å². The number of benzene rings is 1. The fourth-order valence-corrected chi connectivity index (χ4v) is 0.890. The molecule has 0 saturated heterocycles. The van der Waals surface area contributed by atoms with Gasteiger partial charge in [0, 0.05) is 5.02 Å². The third-order valence-corrected chi connectivity index (χ3v) is 1.45. The minimum Gasteiger partial charge on any atom is -0.506 e. The molecule has 0 aromatic heterocycles. The molecule has 0 radical (unpaired) electrons. The largest absolute Gasteiger partial charge is 0.506 e. The Hall–Kier alpha value is -0.440. The predicted octanol–water partition coefficient (Wildman–Crippen LogP) is 2.86. The van der Waals surface area contributed by atoms with Crippen molar-refractivity contribution < 1.29 is 5.11 Å². The van der Waals surface area contributed by atoms with E-state index >= 15 is 0 Å². The molecule has 0 fully saturated rings. The molecular weight excluding hydrogens is 173 g/mol. The van der Waals surface area contributed by atoms with Gasteiger partial charge in [0.25, 0.3) is 0 Å². The highest BCUT2D eigenvalue weighted by molar-refractivity contribution is 6.35. The molecule has 0 heterocycles. The number of hydrogen-bond acceptors (Lipinski definition) is 2. The van der Waals surface area contributed by atoms with Crippen LogP contribution in [0.3, 0.4) is 0 Å². The van der Waals surface area contributed by atoms with Crippen LogP contribution in [0.15, 0.2) is 18.2 Å². The van der Waals surface area contributed by atoms with Crippen LogP contribution >= 0.6 is 23.2 Å². The lowest BCUT2D eigenvalue weighted by Gasteiger charge is -1.93. The molecule has 56 valence electrons. The van der Waals surface area contributed by atoms with Crippen molar-refractivity contribution >= 4 is 23.2 Å². The smallest absolute Gasteiger partial charge is 0.134 e. The molecule has 1 rings (SSSR count). The van der Waals surface area contributed by atoms with Gasteiger partial charge in [-0.1, -0.05) is 23.2 Å². The number of rotatable bonds is 0. The van der Waals surface area contributed by atoms with Crippen LogP contribution in [0.25, 0.3) is 0 Å². The van der Waals surface area contributed by atoms with Gasteiger partial charge in [-0.3, -0.25) is 0 Å². The molecule has 0 saturated carbocycles. The van der Waals surface area contributed by atoms with E-state index in [0.717, 1.165) is 0 Å². The summed E-state index contributed by atoms with van der Waals surface area (Å²) in [6.07, 6.45) is 0. The van der Waals surface area contributed by atoms with E-state index in [0.29, 0.717) is 5.02 Å². The van der Waals surface area contributed by atoms with Crippen molar-refractivity contribution in [1.82, 2.24) is 6.15 Å². The Bertz CT molecular complexity index is 227. The first-order chi connectivity index (χ1) is 4.20. The summed E-state index contributed by atoms with van der Waals surface area (Å²) < 4.78 is 0. The molecule has 10 heavy (non-hydrogen) atoms. The van der Waals surface area contributed by atoms with Crippen molar-refractivity contribution in [2.24, 2.45) is 0 Å². The Morgan fingerprint density at radius 3 is 2.20 bits per heavy atom. The van der Waals surface area contributed by atoms with E-state index < -0.39 is 0 Å². The molecule has 0 aliphatic heterocycles. The van der Waals surface area contributed by atoms with Crippen LogP contribution in [0.4, 0.5) is 0 Å². The van der Waals surface area contributed by atoms with Crippen molar-refractivity contribution in [2.75, 3.05) is 0 Å². The van der Waals surface area contributed by atoms with Gasteiger partial charge in [0.15, 0.2) is 0 Å². The highest BCUT2D eigenvalue weighted by atomic mass is 35.5. The van der Waals surface area contributed by atoms with Crippen molar-refractivity contribution in [3.8, 4) is 5.75 Å². The zero-order chi connectivity index (χ0) is 6.85. The van der Waals surface area contributed by atoms with Crippen LogP contribution in [0.5, 0.6) is 5.75 Å². The average Bonchev–Trinajstić information content (AvgIpc) is 1.80. The summed E-state index contributed by atoms with van der Waals surface area (Å²) >= 11 is 11.0. The maximum absolute atomic E-state index is 8.85. The van der Waals surface area contributed by atoms with Crippen LogP contribution < -0.4 is 6.15 Å². The zero-order valence-corrected chi connectivity index (χ0v) is 6.65.